The number of carbonyl (C=O) groups excluding carboxylic acids is 2. The van der Waals surface area contributed by atoms with E-state index in [2.05, 4.69) is 27.4 Å². The molecule has 1 atom stereocenters. The lowest BCUT2D eigenvalue weighted by Gasteiger charge is -2.42. The minimum atomic E-state index is 0.0448. The van der Waals surface area contributed by atoms with Crippen molar-refractivity contribution in [3.63, 3.8) is 0 Å². The van der Waals surface area contributed by atoms with Crippen molar-refractivity contribution in [3.05, 3.63) is 30.1 Å². The van der Waals surface area contributed by atoms with Crippen LogP contribution in [0.15, 0.2) is 24.4 Å². The number of hydrogen-bond acceptors (Lipinski definition) is 4. The Bertz CT molecular complexity index is 631. The number of nitrogens with zero attached hydrogens (tertiary/aromatic N) is 3. The minimum absolute atomic E-state index is 0.0448. The fourth-order valence-electron chi connectivity index (χ4n) is 4.15. The van der Waals surface area contributed by atoms with E-state index in [0.717, 1.165) is 70.5 Å². The summed E-state index contributed by atoms with van der Waals surface area (Å²) in [6.07, 6.45) is 6.68. The number of hydrogen-bond donors (Lipinski definition) is 2. The molecule has 0 saturated carbocycles. The molecule has 3 rings (SSSR count). The van der Waals surface area contributed by atoms with Gasteiger partial charge in [-0.05, 0) is 50.8 Å². The Kier molecular flexibility index (Phi) is 7.65. The molecule has 1 unspecified atom stereocenters. The zero-order valence-corrected chi connectivity index (χ0v) is 16.9. The maximum Gasteiger partial charge on any atom is 0.317 e. The predicted molar refractivity (Wildman–Crippen MR) is 109 cm³/mol. The molecule has 1 aromatic heterocycles. The number of rotatable bonds is 6. The summed E-state index contributed by atoms with van der Waals surface area (Å²) in [4.78, 5) is 33.4. The van der Waals surface area contributed by atoms with Crippen molar-refractivity contribution in [2.24, 2.45) is 5.92 Å². The zero-order valence-electron chi connectivity index (χ0n) is 16.9. The molecular formula is C21H33N5O2. The van der Waals surface area contributed by atoms with Gasteiger partial charge in [0.2, 0.25) is 5.91 Å². The molecule has 3 amide bonds. The fourth-order valence-corrected chi connectivity index (χ4v) is 4.15. The summed E-state index contributed by atoms with van der Waals surface area (Å²) < 4.78 is 0. The second-order valence-electron chi connectivity index (χ2n) is 7.82. The number of carbonyl (C=O) groups is 2. The molecule has 7 heteroatoms. The van der Waals surface area contributed by atoms with E-state index in [1.54, 1.807) is 6.20 Å². The van der Waals surface area contributed by atoms with E-state index >= 15 is 0 Å². The van der Waals surface area contributed by atoms with Crippen molar-refractivity contribution in [1.82, 2.24) is 25.4 Å². The first-order valence-corrected chi connectivity index (χ1v) is 10.6. The van der Waals surface area contributed by atoms with Crippen LogP contribution in [0, 0.1) is 5.92 Å². The fraction of sp³-hybridized carbons (Fsp3) is 0.667. The van der Waals surface area contributed by atoms with Gasteiger partial charge in [-0.25, -0.2) is 4.79 Å². The van der Waals surface area contributed by atoms with Crippen molar-refractivity contribution >= 4 is 11.9 Å². The highest BCUT2D eigenvalue weighted by atomic mass is 16.2. The van der Waals surface area contributed by atoms with E-state index in [4.69, 9.17) is 0 Å². The highest BCUT2D eigenvalue weighted by Gasteiger charge is 2.32. The van der Waals surface area contributed by atoms with E-state index in [1.165, 1.54) is 0 Å². The van der Waals surface area contributed by atoms with Crippen LogP contribution in [0.4, 0.5) is 4.79 Å². The number of aromatic nitrogens is 1. The molecule has 2 aliphatic rings. The summed E-state index contributed by atoms with van der Waals surface area (Å²) in [5.74, 6) is 0.176. The van der Waals surface area contributed by atoms with E-state index in [0.29, 0.717) is 12.6 Å². The third-order valence-corrected chi connectivity index (χ3v) is 5.79. The SMILES string of the molecule is CCCNC(=O)N1CCC(N2CCCC(C(=O)NCc3ccccn3)C2)CC1. The van der Waals surface area contributed by atoms with Gasteiger partial charge in [-0.3, -0.25) is 14.7 Å². The van der Waals surface area contributed by atoms with E-state index in [1.807, 2.05) is 23.1 Å². The lowest BCUT2D eigenvalue weighted by atomic mass is 9.93. The molecule has 28 heavy (non-hydrogen) atoms. The zero-order chi connectivity index (χ0) is 19.8. The summed E-state index contributed by atoms with van der Waals surface area (Å²) in [6.45, 7) is 6.76. The average Bonchev–Trinajstić information content (AvgIpc) is 2.76. The average molecular weight is 388 g/mol. The van der Waals surface area contributed by atoms with Crippen LogP contribution in [-0.4, -0.2) is 65.5 Å². The lowest BCUT2D eigenvalue weighted by Crippen LogP contribution is -2.52. The molecule has 0 aliphatic carbocycles. The second-order valence-corrected chi connectivity index (χ2v) is 7.82. The summed E-state index contributed by atoms with van der Waals surface area (Å²) in [5, 5.41) is 6.01. The maximum absolute atomic E-state index is 12.6. The minimum Gasteiger partial charge on any atom is -0.350 e. The van der Waals surface area contributed by atoms with Crippen molar-refractivity contribution in [2.45, 2.75) is 51.6 Å². The van der Waals surface area contributed by atoms with Gasteiger partial charge in [0.25, 0.3) is 0 Å². The summed E-state index contributed by atoms with van der Waals surface area (Å²) in [6, 6.07) is 6.28. The largest absolute Gasteiger partial charge is 0.350 e. The number of pyridine rings is 1. The van der Waals surface area contributed by atoms with Gasteiger partial charge in [0.05, 0.1) is 18.2 Å². The highest BCUT2D eigenvalue weighted by Crippen LogP contribution is 2.24. The molecule has 3 heterocycles. The first-order valence-electron chi connectivity index (χ1n) is 10.6. The Morgan fingerprint density at radius 1 is 1.14 bits per heavy atom. The molecule has 7 nitrogen and oxygen atoms in total. The van der Waals surface area contributed by atoms with Crippen LogP contribution in [-0.2, 0) is 11.3 Å². The van der Waals surface area contributed by atoms with Crippen LogP contribution in [0.25, 0.3) is 0 Å². The predicted octanol–water partition coefficient (Wildman–Crippen LogP) is 1.99. The Hall–Kier alpha value is -2.15. The molecule has 2 fully saturated rings. The first kappa shape index (κ1) is 20.6. The Balaban J connectivity index is 1.43. The maximum atomic E-state index is 12.6. The monoisotopic (exact) mass is 387 g/mol. The van der Waals surface area contributed by atoms with Crippen molar-refractivity contribution in [2.75, 3.05) is 32.7 Å². The van der Waals surface area contributed by atoms with E-state index in [-0.39, 0.29) is 17.9 Å². The van der Waals surface area contributed by atoms with Gasteiger partial charge in [-0.15, -0.1) is 0 Å². The standard InChI is InChI=1S/C21H33N5O2/c1-2-10-23-21(28)25-13-8-19(9-14-25)26-12-5-6-17(16-26)20(27)24-15-18-7-3-4-11-22-18/h3-4,7,11,17,19H,2,5-6,8-10,12-16H2,1H3,(H,23,28)(H,24,27). The van der Waals surface area contributed by atoms with Crippen molar-refractivity contribution in [3.8, 4) is 0 Å². The molecule has 154 valence electrons. The molecule has 0 aromatic carbocycles. The highest BCUT2D eigenvalue weighted by molar-refractivity contribution is 5.79. The third kappa shape index (κ3) is 5.67. The van der Waals surface area contributed by atoms with Gasteiger partial charge >= 0.3 is 6.03 Å². The first-order chi connectivity index (χ1) is 13.7. The van der Waals surface area contributed by atoms with Crippen LogP contribution in [0.5, 0.6) is 0 Å². The van der Waals surface area contributed by atoms with Gasteiger partial charge in [-0.2, -0.15) is 0 Å². The Morgan fingerprint density at radius 3 is 2.68 bits per heavy atom. The summed E-state index contributed by atoms with van der Waals surface area (Å²) in [5.41, 5.74) is 0.886. The molecule has 0 bridgehead atoms. The van der Waals surface area contributed by atoms with Gasteiger partial charge in [-0.1, -0.05) is 13.0 Å². The molecule has 0 radical (unpaired) electrons. The number of likely N-dealkylation sites (tertiary alicyclic amines) is 2. The number of piperidine rings is 2. The molecule has 0 spiro atoms. The third-order valence-electron chi connectivity index (χ3n) is 5.79. The van der Waals surface area contributed by atoms with Crippen molar-refractivity contribution in [1.29, 1.82) is 0 Å². The van der Waals surface area contributed by atoms with E-state index < -0.39 is 0 Å². The summed E-state index contributed by atoms with van der Waals surface area (Å²) in [7, 11) is 0. The van der Waals surface area contributed by atoms with Gasteiger partial charge in [0, 0.05) is 38.4 Å². The molecular weight excluding hydrogens is 354 g/mol. The number of amides is 3. The van der Waals surface area contributed by atoms with Gasteiger partial charge in [0.15, 0.2) is 0 Å². The van der Waals surface area contributed by atoms with Crippen LogP contribution in [0.2, 0.25) is 0 Å². The molecule has 1 aromatic rings. The van der Waals surface area contributed by atoms with Crippen LogP contribution < -0.4 is 10.6 Å². The van der Waals surface area contributed by atoms with Crippen LogP contribution in [0.3, 0.4) is 0 Å². The number of nitrogens with one attached hydrogen (secondary N) is 2. The van der Waals surface area contributed by atoms with Crippen LogP contribution >= 0.6 is 0 Å². The molecule has 2 saturated heterocycles. The van der Waals surface area contributed by atoms with E-state index in [9.17, 15) is 9.59 Å². The van der Waals surface area contributed by atoms with Gasteiger partial charge < -0.3 is 15.5 Å². The Labute approximate surface area is 167 Å². The Morgan fingerprint density at radius 2 is 1.96 bits per heavy atom. The van der Waals surface area contributed by atoms with Crippen LogP contribution in [0.1, 0.15) is 44.7 Å². The molecule has 2 N–H and O–H groups in total. The topological polar surface area (TPSA) is 77.6 Å². The lowest BCUT2D eigenvalue weighted by molar-refractivity contribution is -0.127. The quantitative estimate of drug-likeness (QED) is 0.783. The smallest absolute Gasteiger partial charge is 0.317 e. The van der Waals surface area contributed by atoms with Crippen molar-refractivity contribution < 1.29 is 9.59 Å². The number of urea groups is 1. The second kappa shape index (κ2) is 10.4. The van der Waals surface area contributed by atoms with Gasteiger partial charge in [0.1, 0.15) is 0 Å². The molecule has 2 aliphatic heterocycles. The summed E-state index contributed by atoms with van der Waals surface area (Å²) >= 11 is 0. The normalized spacial score (nSPS) is 21.3.